The molecule has 42 heavy (non-hydrogen) atoms. The lowest BCUT2D eigenvalue weighted by molar-refractivity contribution is -0.627. The molecule has 1 amide bonds. The Balaban J connectivity index is 0.000000612. The van der Waals surface area contributed by atoms with Crippen LogP contribution in [0.2, 0.25) is 0 Å². The molecule has 1 aromatic heterocycles. The Morgan fingerprint density at radius 1 is 1.12 bits per heavy atom. The number of benzene rings is 3. The second kappa shape index (κ2) is 12.3. The number of non-ortho nitro benzene ring substituents is 1. The molecule has 5 rings (SSSR count). The van der Waals surface area contributed by atoms with Gasteiger partial charge in [0.2, 0.25) is 10.4 Å². The van der Waals surface area contributed by atoms with Crippen LogP contribution >= 0.6 is 11.3 Å². The number of nitro benzene ring substituents is 1. The number of carbonyl (C=O) groups is 1. The van der Waals surface area contributed by atoms with Crippen molar-refractivity contribution in [3.63, 3.8) is 0 Å². The molecule has 3 aromatic carbocycles. The maximum absolute atomic E-state index is 13.3. The van der Waals surface area contributed by atoms with Crippen molar-refractivity contribution in [2.24, 2.45) is 22.4 Å². The predicted octanol–water partition coefficient (Wildman–Crippen LogP) is 4.65. The number of rotatable bonds is 6. The first-order chi connectivity index (χ1) is 19.9. The molecule has 1 aliphatic rings. The van der Waals surface area contributed by atoms with Crippen LogP contribution in [0.1, 0.15) is 12.5 Å². The molecule has 0 bridgehead atoms. The Labute approximate surface area is 243 Å². The van der Waals surface area contributed by atoms with Crippen molar-refractivity contribution in [3.8, 4) is 5.75 Å². The van der Waals surface area contributed by atoms with Gasteiger partial charge < -0.3 is 9.66 Å². The van der Waals surface area contributed by atoms with E-state index in [1.165, 1.54) is 46.7 Å². The Hall–Kier alpha value is -4.90. The summed E-state index contributed by atoms with van der Waals surface area (Å²) in [5.41, 5.74) is 3.17. The lowest BCUT2D eigenvalue weighted by atomic mass is 10.1. The molecule has 14 nitrogen and oxygen atoms in total. The van der Waals surface area contributed by atoms with Gasteiger partial charge in [-0.2, -0.15) is 5.11 Å². The number of amides is 1. The van der Waals surface area contributed by atoms with Crippen LogP contribution in [-0.2, 0) is 26.4 Å². The summed E-state index contributed by atoms with van der Waals surface area (Å²) >= 11 is 1.48. The summed E-state index contributed by atoms with van der Waals surface area (Å²) in [4.78, 5) is 23.6. The molecule has 0 saturated heterocycles. The van der Waals surface area contributed by atoms with E-state index in [4.69, 9.17) is 0 Å². The second-order valence-corrected chi connectivity index (χ2v) is 10.7. The SMILES string of the molecule is CC1=NN(c2sc3ccccc3[n+]2C)C(=O)C1=Cc1ccc(O)c(N=Nc2ccc([N+](=O)[O-])cc2)c1.COS(=O)(=O)[O-]. The molecule has 216 valence electrons. The summed E-state index contributed by atoms with van der Waals surface area (Å²) in [5.74, 6) is -0.346. The molecule has 4 aromatic rings. The van der Waals surface area contributed by atoms with Gasteiger partial charge in [0.25, 0.3) is 5.69 Å². The highest BCUT2D eigenvalue weighted by Gasteiger charge is 2.39. The molecule has 0 atom stereocenters. The molecule has 0 radical (unpaired) electrons. The van der Waals surface area contributed by atoms with Gasteiger partial charge in [-0.25, -0.2) is 17.8 Å². The monoisotopic (exact) mass is 610 g/mol. The van der Waals surface area contributed by atoms with Gasteiger partial charge in [-0.15, -0.1) is 5.11 Å². The number of hydrogen-bond acceptors (Lipinski definition) is 12. The molecule has 1 N–H and O–H groups in total. The van der Waals surface area contributed by atoms with Crippen LogP contribution in [0.4, 0.5) is 22.2 Å². The number of thiazole rings is 1. The fourth-order valence-electron chi connectivity index (χ4n) is 3.72. The highest BCUT2D eigenvalue weighted by atomic mass is 32.3. The first kappa shape index (κ1) is 30.1. The van der Waals surface area contributed by atoms with Crippen LogP contribution in [0, 0.1) is 10.1 Å². The number of nitro groups is 1. The average molecular weight is 611 g/mol. The highest BCUT2D eigenvalue weighted by molar-refractivity contribution is 7.80. The first-order valence-electron chi connectivity index (χ1n) is 11.9. The standard InChI is InChI=1S/C25H18N6O4S.CH4O4S/c1-15-19(24(33)30(28-15)25-29(2)21-5-3-4-6-23(21)36-25)13-16-7-12-22(32)20(14-16)27-26-17-8-10-18(11-9-17)31(34)35;1-5-6(2,3)4/h3-14H,1-2H3;1H3,(H,2,3,4). The molecular weight excluding hydrogens is 588 g/mol. The van der Waals surface area contributed by atoms with Gasteiger partial charge in [-0.05, 0) is 71.3 Å². The maximum Gasteiger partial charge on any atom is 0.370 e. The number of aromatic nitrogens is 1. The van der Waals surface area contributed by atoms with Crippen molar-refractivity contribution in [1.82, 2.24) is 0 Å². The Morgan fingerprint density at radius 3 is 2.40 bits per heavy atom. The van der Waals surface area contributed by atoms with Crippen LogP contribution in [0.3, 0.4) is 0 Å². The smallest absolute Gasteiger partial charge is 0.370 e. The van der Waals surface area contributed by atoms with Crippen molar-refractivity contribution in [2.45, 2.75) is 6.92 Å². The summed E-state index contributed by atoms with van der Waals surface area (Å²) in [7, 11) is -1.71. The van der Waals surface area contributed by atoms with Crippen molar-refractivity contribution in [3.05, 3.63) is 88.0 Å². The third-order valence-corrected chi connectivity index (χ3v) is 7.41. The number of hydrazone groups is 1. The van der Waals surface area contributed by atoms with Gasteiger partial charge >= 0.3 is 11.0 Å². The second-order valence-electron chi connectivity index (χ2n) is 8.57. The summed E-state index contributed by atoms with van der Waals surface area (Å²) in [6.45, 7) is 1.77. The van der Waals surface area contributed by atoms with Crippen molar-refractivity contribution < 1.29 is 36.5 Å². The molecule has 1 aliphatic heterocycles. The number of phenolic OH excluding ortho intramolecular Hbond substituents is 1. The largest absolute Gasteiger partial charge is 0.726 e. The van der Waals surface area contributed by atoms with Gasteiger partial charge in [-0.1, -0.05) is 23.3 Å². The number of carbonyl (C=O) groups excluding carboxylic acids is 1. The summed E-state index contributed by atoms with van der Waals surface area (Å²) in [5, 5.41) is 35.7. The molecule has 0 fully saturated rings. The number of fused-ring (bicyclic) bond motifs is 1. The predicted molar refractivity (Wildman–Crippen MR) is 154 cm³/mol. The van der Waals surface area contributed by atoms with Crippen molar-refractivity contribution in [1.29, 1.82) is 0 Å². The van der Waals surface area contributed by atoms with Gasteiger partial charge in [0.15, 0.2) is 0 Å². The summed E-state index contributed by atoms with van der Waals surface area (Å²) in [6, 6.07) is 18.2. The van der Waals surface area contributed by atoms with E-state index in [-0.39, 0.29) is 23.0 Å². The van der Waals surface area contributed by atoms with Crippen LogP contribution in [0.15, 0.2) is 87.6 Å². The van der Waals surface area contributed by atoms with E-state index in [0.717, 1.165) is 17.3 Å². The zero-order valence-electron chi connectivity index (χ0n) is 22.2. The number of hydrogen-bond donors (Lipinski definition) is 1. The van der Waals surface area contributed by atoms with Crippen LogP contribution in [0.5, 0.6) is 5.75 Å². The number of aryl methyl sites for hydroxylation is 1. The zero-order valence-corrected chi connectivity index (χ0v) is 23.9. The van der Waals surface area contributed by atoms with Crippen molar-refractivity contribution in [2.75, 3.05) is 12.1 Å². The zero-order chi connectivity index (χ0) is 30.6. The van der Waals surface area contributed by atoms with E-state index in [9.17, 15) is 33.0 Å². The van der Waals surface area contributed by atoms with Gasteiger partial charge in [-0.3, -0.25) is 14.3 Å². The topological polar surface area (TPSA) is 191 Å². The van der Waals surface area contributed by atoms with Crippen LogP contribution in [-0.4, -0.2) is 41.7 Å². The minimum Gasteiger partial charge on any atom is -0.726 e. The van der Waals surface area contributed by atoms with Gasteiger partial charge in [0.1, 0.15) is 17.0 Å². The molecule has 0 spiro atoms. The molecule has 16 heteroatoms. The van der Waals surface area contributed by atoms with E-state index in [1.807, 2.05) is 35.9 Å². The fraction of sp³-hybridized carbons (Fsp3) is 0.115. The lowest BCUT2D eigenvalue weighted by Gasteiger charge is -2.02. The number of aromatic hydroxyl groups is 1. The summed E-state index contributed by atoms with van der Waals surface area (Å²) in [6.07, 6.45) is 1.69. The Bertz CT molecular complexity index is 1880. The third kappa shape index (κ3) is 6.87. The lowest BCUT2D eigenvalue weighted by Crippen LogP contribution is -2.36. The number of azo groups is 1. The number of phenols is 1. The molecular formula is C26H22N6O8S2. The van der Waals surface area contributed by atoms with E-state index in [0.29, 0.717) is 27.7 Å². The van der Waals surface area contributed by atoms with Crippen LogP contribution < -0.4 is 9.58 Å². The first-order valence-corrected chi connectivity index (χ1v) is 14.0. The Kier molecular flexibility index (Phi) is 8.82. The van der Waals surface area contributed by atoms with Crippen LogP contribution in [0.25, 0.3) is 16.3 Å². The maximum atomic E-state index is 13.3. The van der Waals surface area contributed by atoms with Gasteiger partial charge in [0.05, 0.1) is 40.8 Å². The van der Waals surface area contributed by atoms with E-state index in [2.05, 4.69) is 19.5 Å². The minimum absolute atomic E-state index is 0.0537. The minimum atomic E-state index is -4.41. The molecule has 0 saturated carbocycles. The van der Waals surface area contributed by atoms with E-state index in [1.54, 1.807) is 25.1 Å². The van der Waals surface area contributed by atoms with Crippen molar-refractivity contribution >= 4 is 71.8 Å². The highest BCUT2D eigenvalue weighted by Crippen LogP contribution is 2.33. The van der Waals surface area contributed by atoms with E-state index < -0.39 is 15.3 Å². The summed E-state index contributed by atoms with van der Waals surface area (Å²) < 4.78 is 34.0. The molecule has 0 unspecified atom stereocenters. The normalized spacial score (nSPS) is 14.4. The number of anilines is 1. The quantitative estimate of drug-likeness (QED) is 0.0620. The van der Waals surface area contributed by atoms with Gasteiger partial charge in [0, 0.05) is 12.1 Å². The Morgan fingerprint density at radius 2 is 1.79 bits per heavy atom. The number of nitrogens with zero attached hydrogens (tertiary/aromatic N) is 6. The van der Waals surface area contributed by atoms with E-state index >= 15 is 0 Å². The fourth-order valence-corrected chi connectivity index (χ4v) is 4.82. The number of para-hydroxylation sites is 1. The average Bonchev–Trinajstić information content (AvgIpc) is 3.44. The molecule has 2 heterocycles. The third-order valence-electron chi connectivity index (χ3n) is 5.81. The molecule has 0 aliphatic carbocycles.